The Morgan fingerprint density at radius 3 is 2.16 bits per heavy atom. The average molecular weight is 590 g/mol. The van der Waals surface area contributed by atoms with Crippen molar-refractivity contribution >= 4 is 22.7 Å². The standard InChI is InChI=1S/C34H37F2N3O4/c1-21(2)23-9-7-8-10-29(23)39-31-19-25(24-12-11-22(42-6)17-27(24)35)28(36)18-26(31)30(20-32(39)40)37-13-15-38(16-14-37)33(41)43-34(3,4)5/h7-12,17-21H,13-16H2,1-6H3. The Bertz CT molecular complexity index is 1730. The van der Waals surface area contributed by atoms with Crippen molar-refractivity contribution in [3.8, 4) is 22.6 Å². The van der Waals surface area contributed by atoms with Crippen LogP contribution in [0.4, 0.5) is 19.3 Å². The average Bonchev–Trinajstić information content (AvgIpc) is 2.96. The number of methoxy groups -OCH3 is 1. The van der Waals surface area contributed by atoms with Gasteiger partial charge < -0.3 is 19.3 Å². The second-order valence-corrected chi connectivity index (χ2v) is 12.1. The SMILES string of the molecule is COc1ccc(-c2cc3c(cc2F)c(N2CCN(C(=O)OC(C)(C)C)CC2)cc(=O)n3-c2ccccc2C(C)C)c(F)c1. The van der Waals surface area contributed by atoms with Gasteiger partial charge in [-0.25, -0.2) is 13.6 Å². The highest BCUT2D eigenvalue weighted by atomic mass is 19.1. The van der Waals surface area contributed by atoms with Crippen molar-refractivity contribution in [2.75, 3.05) is 38.2 Å². The number of aromatic nitrogens is 1. The summed E-state index contributed by atoms with van der Waals surface area (Å²) in [5, 5.41) is 0.513. The molecule has 7 nitrogen and oxygen atoms in total. The van der Waals surface area contributed by atoms with Crippen LogP contribution in [0.3, 0.4) is 0 Å². The summed E-state index contributed by atoms with van der Waals surface area (Å²) in [6, 6.07) is 16.3. The zero-order valence-corrected chi connectivity index (χ0v) is 25.4. The first kappa shape index (κ1) is 30.1. The second-order valence-electron chi connectivity index (χ2n) is 12.1. The number of anilines is 1. The molecule has 0 spiro atoms. The highest BCUT2D eigenvalue weighted by Crippen LogP contribution is 2.36. The number of piperazine rings is 1. The van der Waals surface area contributed by atoms with E-state index in [0.29, 0.717) is 54.2 Å². The molecule has 2 heterocycles. The largest absolute Gasteiger partial charge is 0.497 e. The lowest BCUT2D eigenvalue weighted by Crippen LogP contribution is -2.50. The molecule has 226 valence electrons. The highest BCUT2D eigenvalue weighted by molar-refractivity contribution is 5.96. The number of fused-ring (bicyclic) bond motifs is 1. The van der Waals surface area contributed by atoms with Crippen LogP contribution in [0.15, 0.2) is 65.5 Å². The van der Waals surface area contributed by atoms with E-state index in [4.69, 9.17) is 9.47 Å². The molecule has 0 aliphatic carbocycles. The summed E-state index contributed by atoms with van der Waals surface area (Å²) in [7, 11) is 1.44. The number of amides is 1. The Hall–Kier alpha value is -4.40. The smallest absolute Gasteiger partial charge is 0.410 e. The summed E-state index contributed by atoms with van der Waals surface area (Å²) in [6.07, 6.45) is -0.394. The van der Waals surface area contributed by atoms with Crippen molar-refractivity contribution < 1.29 is 23.0 Å². The number of pyridine rings is 1. The summed E-state index contributed by atoms with van der Waals surface area (Å²) in [5.41, 5.74) is 1.84. The van der Waals surface area contributed by atoms with E-state index in [0.717, 1.165) is 5.56 Å². The molecule has 0 saturated carbocycles. The second kappa shape index (κ2) is 11.7. The molecule has 1 aromatic heterocycles. The lowest BCUT2D eigenvalue weighted by Gasteiger charge is -2.37. The molecule has 0 radical (unpaired) electrons. The van der Waals surface area contributed by atoms with Crippen LogP contribution in [0.2, 0.25) is 0 Å². The number of rotatable bonds is 5. The van der Waals surface area contributed by atoms with Gasteiger partial charge in [-0.1, -0.05) is 32.0 Å². The van der Waals surface area contributed by atoms with Gasteiger partial charge in [0, 0.05) is 54.8 Å². The normalized spacial score (nSPS) is 14.0. The quantitative estimate of drug-likeness (QED) is 0.248. The Balaban J connectivity index is 1.67. The monoisotopic (exact) mass is 589 g/mol. The molecule has 1 aliphatic heterocycles. The number of ether oxygens (including phenoxy) is 2. The molecule has 43 heavy (non-hydrogen) atoms. The van der Waals surface area contributed by atoms with Crippen LogP contribution in [0.1, 0.15) is 46.1 Å². The molecule has 1 aliphatic rings. The fraction of sp³-hybridized carbons (Fsp3) is 0.353. The van der Waals surface area contributed by atoms with Gasteiger partial charge >= 0.3 is 6.09 Å². The van der Waals surface area contributed by atoms with Crippen molar-refractivity contribution in [3.05, 3.63) is 88.2 Å². The van der Waals surface area contributed by atoms with Crippen molar-refractivity contribution in [1.82, 2.24) is 9.47 Å². The van der Waals surface area contributed by atoms with Gasteiger partial charge in [0.05, 0.1) is 24.0 Å². The first-order chi connectivity index (χ1) is 20.4. The van der Waals surface area contributed by atoms with Crippen LogP contribution in [0.25, 0.3) is 27.7 Å². The van der Waals surface area contributed by atoms with Gasteiger partial charge in [-0.05, 0) is 62.6 Å². The van der Waals surface area contributed by atoms with Crippen LogP contribution in [0.5, 0.6) is 5.75 Å². The minimum absolute atomic E-state index is 0.0368. The van der Waals surface area contributed by atoms with E-state index < -0.39 is 23.3 Å². The molecule has 0 atom stereocenters. The number of benzene rings is 3. The maximum absolute atomic E-state index is 15.9. The number of hydrogen-bond donors (Lipinski definition) is 0. The van der Waals surface area contributed by atoms with Gasteiger partial charge in [0.2, 0.25) is 0 Å². The van der Waals surface area contributed by atoms with E-state index in [1.54, 1.807) is 21.6 Å². The minimum Gasteiger partial charge on any atom is -0.497 e. The highest BCUT2D eigenvalue weighted by Gasteiger charge is 2.28. The lowest BCUT2D eigenvalue weighted by atomic mass is 9.98. The van der Waals surface area contributed by atoms with Crippen molar-refractivity contribution in [1.29, 1.82) is 0 Å². The first-order valence-electron chi connectivity index (χ1n) is 14.4. The van der Waals surface area contributed by atoms with Gasteiger partial charge in [-0.15, -0.1) is 0 Å². The first-order valence-corrected chi connectivity index (χ1v) is 14.4. The van der Waals surface area contributed by atoms with Crippen molar-refractivity contribution in [3.63, 3.8) is 0 Å². The molecule has 0 bridgehead atoms. The molecular weight excluding hydrogens is 552 g/mol. The van der Waals surface area contributed by atoms with Gasteiger partial charge in [0.15, 0.2) is 0 Å². The number of halogens is 2. The molecule has 0 unspecified atom stereocenters. The van der Waals surface area contributed by atoms with E-state index in [1.165, 1.54) is 31.4 Å². The third-order valence-corrected chi connectivity index (χ3v) is 7.62. The zero-order chi connectivity index (χ0) is 31.1. The molecule has 1 saturated heterocycles. The predicted octanol–water partition coefficient (Wildman–Crippen LogP) is 7.13. The summed E-state index contributed by atoms with van der Waals surface area (Å²) < 4.78 is 43.3. The van der Waals surface area contributed by atoms with Crippen LogP contribution < -0.4 is 15.2 Å². The molecule has 0 N–H and O–H groups in total. The van der Waals surface area contributed by atoms with E-state index in [-0.39, 0.29) is 22.6 Å². The predicted molar refractivity (Wildman–Crippen MR) is 166 cm³/mol. The van der Waals surface area contributed by atoms with Gasteiger partial charge in [0.1, 0.15) is 23.0 Å². The topological polar surface area (TPSA) is 64.0 Å². The fourth-order valence-electron chi connectivity index (χ4n) is 5.52. The molecule has 1 amide bonds. The minimum atomic E-state index is -0.636. The third kappa shape index (κ3) is 6.07. The van der Waals surface area contributed by atoms with E-state index in [1.807, 2.05) is 63.8 Å². The van der Waals surface area contributed by atoms with E-state index in [2.05, 4.69) is 0 Å². The molecule has 3 aromatic carbocycles. The molecule has 9 heteroatoms. The van der Waals surface area contributed by atoms with Crippen LogP contribution >= 0.6 is 0 Å². The summed E-state index contributed by atoms with van der Waals surface area (Å²) in [4.78, 5) is 30.2. The van der Waals surface area contributed by atoms with Gasteiger partial charge in [0.25, 0.3) is 5.56 Å². The molecule has 1 fully saturated rings. The Kier molecular flexibility index (Phi) is 8.18. The molecular formula is C34H37F2N3O4. The number of carbonyl (C=O) groups excluding carboxylic acids is 1. The number of nitrogens with zero attached hydrogens (tertiary/aromatic N) is 3. The number of hydrogen-bond acceptors (Lipinski definition) is 5. The zero-order valence-electron chi connectivity index (χ0n) is 25.4. The molecule has 5 rings (SSSR count). The summed E-state index contributed by atoms with van der Waals surface area (Å²) in [6.45, 7) is 11.2. The Morgan fingerprint density at radius 1 is 0.860 bits per heavy atom. The third-order valence-electron chi connectivity index (χ3n) is 7.62. The van der Waals surface area contributed by atoms with E-state index in [9.17, 15) is 9.59 Å². The van der Waals surface area contributed by atoms with Crippen LogP contribution in [0, 0.1) is 11.6 Å². The lowest BCUT2D eigenvalue weighted by molar-refractivity contribution is 0.0240. The maximum atomic E-state index is 15.9. The van der Waals surface area contributed by atoms with Crippen molar-refractivity contribution in [2.24, 2.45) is 0 Å². The Labute approximate surface area is 250 Å². The van der Waals surface area contributed by atoms with Crippen molar-refractivity contribution in [2.45, 2.75) is 46.1 Å². The van der Waals surface area contributed by atoms with Crippen LogP contribution in [-0.2, 0) is 4.74 Å². The fourth-order valence-corrected chi connectivity index (χ4v) is 5.52. The Morgan fingerprint density at radius 2 is 1.53 bits per heavy atom. The number of carbonyl (C=O) groups is 1. The van der Waals surface area contributed by atoms with E-state index >= 15 is 8.78 Å². The maximum Gasteiger partial charge on any atom is 0.410 e. The summed E-state index contributed by atoms with van der Waals surface area (Å²) >= 11 is 0. The van der Waals surface area contributed by atoms with Gasteiger partial charge in [-0.2, -0.15) is 0 Å². The molecule has 4 aromatic rings. The van der Waals surface area contributed by atoms with Crippen LogP contribution in [-0.4, -0.2) is 54.5 Å². The number of para-hydroxylation sites is 1. The summed E-state index contributed by atoms with van der Waals surface area (Å²) in [5.74, 6) is -0.827. The van der Waals surface area contributed by atoms with Gasteiger partial charge in [-0.3, -0.25) is 9.36 Å².